The van der Waals surface area contributed by atoms with Crippen LogP contribution in [-0.2, 0) is 21.2 Å². The number of carbonyl (C=O) groups excluding carboxylic acids is 1. The molecule has 0 N–H and O–H groups in total. The van der Waals surface area contributed by atoms with Gasteiger partial charge in [0.15, 0.2) is 15.0 Å². The van der Waals surface area contributed by atoms with Crippen LogP contribution in [0.5, 0.6) is 11.5 Å². The number of methoxy groups -OCH3 is 2. The molecule has 0 radical (unpaired) electrons. The second-order valence-corrected chi connectivity index (χ2v) is 10.9. The number of aromatic nitrogens is 2. The monoisotopic (exact) mass is 511 g/mol. The van der Waals surface area contributed by atoms with Crippen LogP contribution < -0.4 is 14.4 Å². The molecule has 0 atom stereocenters. The number of benzene rings is 2. The summed E-state index contributed by atoms with van der Waals surface area (Å²) in [7, 11) is -0.576. The second kappa shape index (κ2) is 10.4. The van der Waals surface area contributed by atoms with Crippen molar-refractivity contribution in [2.45, 2.75) is 24.8 Å². The minimum Gasteiger partial charge on any atom is -0.497 e. The number of amides is 1. The maximum absolute atomic E-state index is 13.4. The van der Waals surface area contributed by atoms with E-state index < -0.39 is 9.84 Å². The van der Waals surface area contributed by atoms with Crippen molar-refractivity contribution in [3.8, 4) is 11.5 Å². The molecule has 4 rings (SSSR count). The van der Waals surface area contributed by atoms with Crippen molar-refractivity contribution in [2.75, 3.05) is 24.9 Å². The lowest BCUT2D eigenvalue weighted by molar-refractivity contribution is -0.118. The summed E-state index contributed by atoms with van der Waals surface area (Å²) in [5, 5.41) is 0.475. The number of pyridine rings is 1. The van der Waals surface area contributed by atoms with E-state index in [1.54, 1.807) is 37.7 Å². The van der Waals surface area contributed by atoms with Crippen molar-refractivity contribution in [3.63, 3.8) is 0 Å². The van der Waals surface area contributed by atoms with Crippen LogP contribution in [0.4, 0.5) is 5.13 Å². The zero-order valence-electron chi connectivity index (χ0n) is 19.6. The van der Waals surface area contributed by atoms with Gasteiger partial charge in [-0.15, -0.1) is 0 Å². The summed E-state index contributed by atoms with van der Waals surface area (Å²) in [6.07, 6.45) is 3.14. The fourth-order valence-electron chi connectivity index (χ4n) is 3.57. The van der Waals surface area contributed by atoms with Gasteiger partial charge in [0.1, 0.15) is 17.0 Å². The molecule has 10 heteroatoms. The number of anilines is 1. The van der Waals surface area contributed by atoms with E-state index in [9.17, 15) is 13.2 Å². The molecule has 2 heterocycles. The average molecular weight is 512 g/mol. The molecule has 0 fully saturated rings. The van der Waals surface area contributed by atoms with Crippen LogP contribution in [0, 0.1) is 6.92 Å². The molecule has 0 aliphatic carbocycles. The van der Waals surface area contributed by atoms with Crippen LogP contribution in [0.2, 0.25) is 0 Å². The number of hydrogen-bond donors (Lipinski definition) is 0. The first-order chi connectivity index (χ1) is 16.8. The van der Waals surface area contributed by atoms with Crippen molar-refractivity contribution >= 4 is 42.4 Å². The molecule has 0 aliphatic rings. The van der Waals surface area contributed by atoms with Gasteiger partial charge in [-0.2, -0.15) is 0 Å². The first-order valence-corrected chi connectivity index (χ1v) is 13.3. The zero-order valence-corrected chi connectivity index (χ0v) is 21.2. The van der Waals surface area contributed by atoms with E-state index in [1.807, 2.05) is 25.1 Å². The minimum absolute atomic E-state index is 0.144. The Kier molecular flexibility index (Phi) is 7.32. The molecular formula is C25H25N3O5S2. The van der Waals surface area contributed by atoms with Gasteiger partial charge < -0.3 is 9.47 Å². The van der Waals surface area contributed by atoms with Gasteiger partial charge in [-0.1, -0.05) is 23.5 Å². The maximum Gasteiger partial charge on any atom is 0.230 e. The van der Waals surface area contributed by atoms with E-state index in [0.29, 0.717) is 22.1 Å². The molecule has 0 unspecified atom stereocenters. The summed E-state index contributed by atoms with van der Waals surface area (Å²) < 4.78 is 37.2. The average Bonchev–Trinajstić information content (AvgIpc) is 3.33. The fourth-order valence-corrected chi connectivity index (χ4v) is 5.87. The highest BCUT2D eigenvalue weighted by Crippen LogP contribution is 2.37. The van der Waals surface area contributed by atoms with Crippen LogP contribution in [0.3, 0.4) is 0 Å². The number of nitrogens with zero attached hydrogens (tertiary/aromatic N) is 3. The highest BCUT2D eigenvalue weighted by Gasteiger charge is 2.25. The smallest absolute Gasteiger partial charge is 0.230 e. The Hall–Kier alpha value is -3.50. The number of hydrogen-bond acceptors (Lipinski definition) is 8. The highest BCUT2D eigenvalue weighted by atomic mass is 32.2. The quantitative estimate of drug-likeness (QED) is 0.328. The molecule has 4 aromatic rings. The number of aryl methyl sites for hydroxylation is 1. The van der Waals surface area contributed by atoms with Gasteiger partial charge in [-0.05, 0) is 54.4 Å². The van der Waals surface area contributed by atoms with Gasteiger partial charge in [-0.3, -0.25) is 14.7 Å². The number of fused-ring (bicyclic) bond motifs is 1. The lowest BCUT2D eigenvalue weighted by Gasteiger charge is -2.20. The molecule has 2 aromatic heterocycles. The van der Waals surface area contributed by atoms with Crippen molar-refractivity contribution < 1.29 is 22.7 Å². The molecule has 2 aromatic carbocycles. The predicted molar refractivity (Wildman–Crippen MR) is 136 cm³/mol. The maximum atomic E-state index is 13.4. The Bertz CT molecular complexity index is 1440. The third kappa shape index (κ3) is 5.44. The molecule has 182 valence electrons. The minimum atomic E-state index is -3.66. The molecule has 0 aliphatic heterocycles. The highest BCUT2D eigenvalue weighted by molar-refractivity contribution is 7.91. The molecule has 1 amide bonds. The molecule has 35 heavy (non-hydrogen) atoms. The van der Waals surface area contributed by atoms with E-state index in [2.05, 4.69) is 4.98 Å². The van der Waals surface area contributed by atoms with Gasteiger partial charge in [-0.25, -0.2) is 13.4 Å². The summed E-state index contributed by atoms with van der Waals surface area (Å²) >= 11 is 1.37. The predicted octanol–water partition coefficient (Wildman–Crippen LogP) is 4.41. The van der Waals surface area contributed by atoms with Crippen molar-refractivity contribution in [1.29, 1.82) is 0 Å². The first kappa shape index (κ1) is 24.6. The number of thiazole rings is 1. The van der Waals surface area contributed by atoms with E-state index in [4.69, 9.17) is 14.5 Å². The SMILES string of the molecule is COc1ccc(S(=O)(=O)CCC(=O)N(Cc2cccnc2)c2nc3c(OC)ccc(C)c3s2)cc1. The summed E-state index contributed by atoms with van der Waals surface area (Å²) in [5.41, 5.74) is 2.49. The van der Waals surface area contributed by atoms with Gasteiger partial charge in [0.05, 0.1) is 36.1 Å². The van der Waals surface area contributed by atoms with Crippen molar-refractivity contribution in [1.82, 2.24) is 9.97 Å². The van der Waals surface area contributed by atoms with Gasteiger partial charge in [0.2, 0.25) is 5.91 Å². The first-order valence-electron chi connectivity index (χ1n) is 10.8. The summed E-state index contributed by atoms with van der Waals surface area (Å²) in [6.45, 7) is 2.19. The lowest BCUT2D eigenvalue weighted by Crippen LogP contribution is -2.31. The van der Waals surface area contributed by atoms with Crippen LogP contribution in [0.25, 0.3) is 10.2 Å². The van der Waals surface area contributed by atoms with Gasteiger partial charge in [0.25, 0.3) is 0 Å². The van der Waals surface area contributed by atoms with E-state index in [-0.39, 0.29) is 29.5 Å². The zero-order chi connectivity index (χ0) is 25.0. The molecule has 0 saturated heterocycles. The Morgan fingerprint density at radius 1 is 1.06 bits per heavy atom. The molecule has 0 saturated carbocycles. The largest absolute Gasteiger partial charge is 0.497 e. The summed E-state index contributed by atoms with van der Waals surface area (Å²) in [4.78, 5) is 23.9. The van der Waals surface area contributed by atoms with E-state index in [0.717, 1.165) is 15.8 Å². The van der Waals surface area contributed by atoms with Crippen molar-refractivity contribution in [2.24, 2.45) is 0 Å². The topological polar surface area (TPSA) is 98.7 Å². The van der Waals surface area contributed by atoms with Crippen LogP contribution in [-0.4, -0.2) is 44.3 Å². The Labute approximate surface area is 208 Å². The molecule has 0 spiro atoms. The number of sulfone groups is 1. The second-order valence-electron chi connectivity index (χ2n) is 7.84. The van der Waals surface area contributed by atoms with E-state index >= 15 is 0 Å². The fraction of sp³-hybridized carbons (Fsp3) is 0.240. The van der Waals surface area contributed by atoms with Crippen LogP contribution in [0.1, 0.15) is 17.5 Å². The molecular weight excluding hydrogens is 486 g/mol. The Morgan fingerprint density at radius 3 is 2.49 bits per heavy atom. The summed E-state index contributed by atoms with van der Waals surface area (Å²) in [5.74, 6) is 0.504. The number of carbonyl (C=O) groups is 1. The van der Waals surface area contributed by atoms with Crippen molar-refractivity contribution in [3.05, 3.63) is 72.1 Å². The van der Waals surface area contributed by atoms with Gasteiger partial charge in [0, 0.05) is 18.8 Å². The number of ether oxygens (including phenoxy) is 2. The van der Waals surface area contributed by atoms with Crippen LogP contribution in [0.15, 0.2) is 65.8 Å². The van der Waals surface area contributed by atoms with Gasteiger partial charge >= 0.3 is 0 Å². The Morgan fingerprint density at radius 2 is 1.83 bits per heavy atom. The van der Waals surface area contributed by atoms with Crippen LogP contribution >= 0.6 is 11.3 Å². The molecule has 8 nitrogen and oxygen atoms in total. The third-order valence-corrected chi connectivity index (χ3v) is 8.46. The Balaban J connectivity index is 1.63. The van der Waals surface area contributed by atoms with E-state index in [1.165, 1.54) is 35.5 Å². The third-order valence-electron chi connectivity index (χ3n) is 5.51. The molecule has 0 bridgehead atoms. The standard InChI is InChI=1S/C25H25N3O5S2/c1-17-6-11-21(33-3)23-24(17)34-25(27-23)28(16-18-5-4-13-26-15-18)22(29)12-14-35(30,31)20-9-7-19(32-2)8-10-20/h4-11,13,15H,12,14,16H2,1-3H3. The lowest BCUT2D eigenvalue weighted by atomic mass is 10.2. The normalized spacial score (nSPS) is 11.4. The number of rotatable bonds is 9. The summed E-state index contributed by atoms with van der Waals surface area (Å²) in [6, 6.07) is 13.6.